The molecule has 3 heteroatoms. The van der Waals surface area contributed by atoms with Crippen molar-refractivity contribution in [2.24, 2.45) is 0 Å². The minimum Gasteiger partial charge on any atom is -0.252 e. The van der Waals surface area contributed by atoms with Crippen LogP contribution in [0.2, 0.25) is 0 Å². The molecule has 0 saturated carbocycles. The van der Waals surface area contributed by atoms with Gasteiger partial charge in [0, 0.05) is 27.6 Å². The Balaban J connectivity index is 1.08. The van der Waals surface area contributed by atoms with Gasteiger partial charge in [0.2, 0.25) is 0 Å². The molecule has 0 aliphatic heterocycles. The molecule has 0 aliphatic carbocycles. The van der Waals surface area contributed by atoms with Crippen LogP contribution in [-0.2, 0) is 0 Å². The third-order valence-corrected chi connectivity index (χ3v) is 12.5. The predicted molar refractivity (Wildman–Crippen MR) is 268 cm³/mol. The van der Waals surface area contributed by atoms with Gasteiger partial charge in [-0.25, -0.2) is 9.97 Å². The number of fused-ring (bicyclic) bond motifs is 5. The van der Waals surface area contributed by atoms with Gasteiger partial charge in [0.05, 0.1) is 28.6 Å². The fourth-order valence-electron chi connectivity index (χ4n) is 9.58. The molecule has 0 bridgehead atoms. The third kappa shape index (κ3) is 6.42. The smallest absolute Gasteiger partial charge is 0.116 e. The van der Waals surface area contributed by atoms with Crippen molar-refractivity contribution in [3.05, 3.63) is 237 Å². The molecule has 2 aromatic heterocycles. The number of aromatic nitrogens is 3. The molecule has 0 saturated heterocycles. The van der Waals surface area contributed by atoms with Gasteiger partial charge in [0.1, 0.15) is 5.52 Å². The number of nitrogens with zero attached hydrogens (tertiary/aromatic N) is 3. The number of rotatable bonds is 7. The fourth-order valence-corrected chi connectivity index (χ4v) is 9.58. The maximum atomic E-state index is 5.54. The molecule has 0 spiro atoms. The Hall–Kier alpha value is -8.53. The number of hydrogen-bond acceptors (Lipinski definition) is 3. The molecule has 12 aromatic rings. The molecule has 0 aliphatic rings. The van der Waals surface area contributed by atoms with Gasteiger partial charge in [0.25, 0.3) is 0 Å². The average molecular weight is 814 g/mol. The Morgan fingerprint density at radius 1 is 0.219 bits per heavy atom. The van der Waals surface area contributed by atoms with Crippen LogP contribution in [0.25, 0.3) is 122 Å². The van der Waals surface area contributed by atoms with E-state index in [1.807, 2.05) is 24.4 Å². The summed E-state index contributed by atoms with van der Waals surface area (Å²) < 4.78 is 0. The van der Waals surface area contributed by atoms with Crippen molar-refractivity contribution >= 4 is 43.5 Å². The highest BCUT2D eigenvalue weighted by atomic mass is 14.8. The molecular weight excluding hydrogens is 775 g/mol. The van der Waals surface area contributed by atoms with Gasteiger partial charge < -0.3 is 0 Å². The van der Waals surface area contributed by atoms with E-state index in [2.05, 4.69) is 212 Å². The van der Waals surface area contributed by atoms with Crippen molar-refractivity contribution in [2.75, 3.05) is 0 Å². The van der Waals surface area contributed by atoms with E-state index in [-0.39, 0.29) is 0 Å². The van der Waals surface area contributed by atoms with Crippen LogP contribution in [0.5, 0.6) is 0 Å². The van der Waals surface area contributed by atoms with Gasteiger partial charge in [-0.3, -0.25) is 4.98 Å². The van der Waals surface area contributed by atoms with Crippen LogP contribution >= 0.6 is 0 Å². The summed E-state index contributed by atoms with van der Waals surface area (Å²) in [5.74, 6) is 0. The SMILES string of the molecule is c1ccc(-c2cnc3c(-c4ccccc4)c(-c4ccccc4)c4ccc(-c5cccc(-c6ccc7c(-c8ccccc8)c8ccccc8c(-c8ccccc8)c7c6)c5)nc4c3n2)cc1. The molecule has 0 radical (unpaired) electrons. The summed E-state index contributed by atoms with van der Waals surface area (Å²) in [7, 11) is 0. The average Bonchev–Trinajstić information content (AvgIpc) is 3.38. The quantitative estimate of drug-likeness (QED) is 0.119. The molecule has 0 fully saturated rings. The maximum absolute atomic E-state index is 5.54. The summed E-state index contributed by atoms with van der Waals surface area (Å²) in [6.07, 6.45) is 1.90. The minimum absolute atomic E-state index is 0.775. The van der Waals surface area contributed by atoms with E-state index in [1.54, 1.807) is 0 Å². The van der Waals surface area contributed by atoms with Gasteiger partial charge >= 0.3 is 0 Å². The Morgan fingerprint density at radius 3 is 1.27 bits per heavy atom. The van der Waals surface area contributed by atoms with Crippen molar-refractivity contribution in [3.63, 3.8) is 0 Å². The first-order valence-electron chi connectivity index (χ1n) is 21.8. The molecule has 298 valence electrons. The first kappa shape index (κ1) is 37.2. The molecule has 0 unspecified atom stereocenters. The summed E-state index contributed by atoms with van der Waals surface area (Å²) in [5.41, 5.74) is 17.6. The second-order valence-electron chi connectivity index (χ2n) is 16.3. The lowest BCUT2D eigenvalue weighted by molar-refractivity contribution is 1.29. The van der Waals surface area contributed by atoms with Crippen molar-refractivity contribution < 1.29 is 0 Å². The molecule has 12 rings (SSSR count). The molecule has 2 heterocycles. The van der Waals surface area contributed by atoms with E-state index < -0.39 is 0 Å². The van der Waals surface area contributed by atoms with Gasteiger partial charge in [0.15, 0.2) is 0 Å². The second kappa shape index (κ2) is 15.7. The minimum atomic E-state index is 0.775. The Kier molecular flexibility index (Phi) is 9.16. The van der Waals surface area contributed by atoms with Gasteiger partial charge in [-0.2, -0.15) is 0 Å². The van der Waals surface area contributed by atoms with Gasteiger partial charge in [-0.15, -0.1) is 0 Å². The molecule has 10 aromatic carbocycles. The number of hydrogen-bond donors (Lipinski definition) is 0. The standard InChI is InChI=1S/C61H39N3/c1-6-19-40(20-7-1)54-39-62-60-58(44-27-14-5-15-28-44)57(43-25-12-4-13-26-43)51-35-36-53(63-59(51)61(60)64-54)47-30-18-29-45(37-47)46-33-34-50-52(38-46)56(42-23-10-3-11-24-42)49-32-17-16-31-48(49)55(50)41-21-8-2-9-22-41/h1-39H. The topological polar surface area (TPSA) is 38.7 Å². The van der Waals surface area contributed by atoms with E-state index in [1.165, 1.54) is 43.8 Å². The maximum Gasteiger partial charge on any atom is 0.116 e. The van der Waals surface area contributed by atoms with Gasteiger partial charge in [-0.1, -0.05) is 206 Å². The van der Waals surface area contributed by atoms with E-state index in [4.69, 9.17) is 15.0 Å². The van der Waals surface area contributed by atoms with Crippen LogP contribution in [-0.4, -0.2) is 15.0 Å². The molecule has 0 amide bonds. The van der Waals surface area contributed by atoms with Crippen molar-refractivity contribution in [1.29, 1.82) is 0 Å². The Bertz CT molecular complexity index is 3680. The van der Waals surface area contributed by atoms with Crippen LogP contribution < -0.4 is 0 Å². The normalized spacial score (nSPS) is 11.4. The first-order chi connectivity index (χ1) is 31.8. The predicted octanol–water partition coefficient (Wildman–Crippen LogP) is 16.2. The summed E-state index contributed by atoms with van der Waals surface area (Å²) in [4.78, 5) is 16.1. The van der Waals surface area contributed by atoms with Gasteiger partial charge in [-0.05, 0) is 90.3 Å². The lowest BCUT2D eigenvalue weighted by Crippen LogP contribution is -1.98. The van der Waals surface area contributed by atoms with Crippen LogP contribution in [0.4, 0.5) is 0 Å². The summed E-state index contributed by atoms with van der Waals surface area (Å²) in [6.45, 7) is 0. The van der Waals surface area contributed by atoms with E-state index >= 15 is 0 Å². The fraction of sp³-hybridized carbons (Fsp3) is 0. The summed E-state index contributed by atoms with van der Waals surface area (Å²) in [5, 5.41) is 5.96. The van der Waals surface area contributed by atoms with E-state index in [9.17, 15) is 0 Å². The summed E-state index contributed by atoms with van der Waals surface area (Å²) >= 11 is 0. The van der Waals surface area contributed by atoms with E-state index in [0.717, 1.165) is 77.8 Å². The van der Waals surface area contributed by atoms with Crippen LogP contribution in [0, 0.1) is 0 Å². The van der Waals surface area contributed by atoms with E-state index in [0.29, 0.717) is 0 Å². The Labute approximate surface area is 371 Å². The van der Waals surface area contributed by atoms with Crippen LogP contribution in [0.15, 0.2) is 237 Å². The first-order valence-corrected chi connectivity index (χ1v) is 21.8. The third-order valence-electron chi connectivity index (χ3n) is 12.5. The van der Waals surface area contributed by atoms with Crippen LogP contribution in [0.3, 0.4) is 0 Å². The van der Waals surface area contributed by atoms with Crippen LogP contribution in [0.1, 0.15) is 0 Å². The molecule has 0 N–H and O–H groups in total. The zero-order valence-electron chi connectivity index (χ0n) is 34.9. The number of benzene rings is 10. The highest BCUT2D eigenvalue weighted by Gasteiger charge is 2.22. The van der Waals surface area contributed by atoms with Crippen molar-refractivity contribution in [2.45, 2.75) is 0 Å². The zero-order chi connectivity index (χ0) is 42.4. The molecule has 64 heavy (non-hydrogen) atoms. The summed E-state index contributed by atoms with van der Waals surface area (Å²) in [6, 6.07) is 82.0. The molecular formula is C61H39N3. The lowest BCUT2D eigenvalue weighted by Gasteiger charge is -2.19. The zero-order valence-corrected chi connectivity index (χ0v) is 34.9. The lowest BCUT2D eigenvalue weighted by atomic mass is 9.85. The largest absolute Gasteiger partial charge is 0.252 e. The molecule has 0 atom stereocenters. The highest BCUT2D eigenvalue weighted by Crippen LogP contribution is 2.46. The highest BCUT2D eigenvalue weighted by molar-refractivity contribution is 6.22. The monoisotopic (exact) mass is 813 g/mol. The second-order valence-corrected chi connectivity index (χ2v) is 16.3. The Morgan fingerprint density at radius 2 is 0.656 bits per heavy atom. The number of pyridine rings is 1. The van der Waals surface area contributed by atoms with Crippen molar-refractivity contribution in [3.8, 4) is 78.1 Å². The van der Waals surface area contributed by atoms with Crippen molar-refractivity contribution in [1.82, 2.24) is 15.0 Å². The molecule has 3 nitrogen and oxygen atoms in total.